The van der Waals surface area contributed by atoms with E-state index in [1.807, 2.05) is 24.1 Å². The lowest BCUT2D eigenvalue weighted by molar-refractivity contribution is -0.155. The molecule has 1 aliphatic carbocycles. The summed E-state index contributed by atoms with van der Waals surface area (Å²) in [6, 6.07) is 7.85. The third-order valence-electron chi connectivity index (χ3n) is 7.67. The quantitative estimate of drug-likeness (QED) is 0.437. The van der Waals surface area contributed by atoms with Gasteiger partial charge in [-0.15, -0.1) is 11.8 Å². The predicted octanol–water partition coefficient (Wildman–Crippen LogP) is 3.13. The average molecular weight is 615 g/mol. The number of hydrogen-bond donors (Lipinski definition) is 2. The fourth-order valence-corrected chi connectivity index (χ4v) is 8.23. The second-order valence-corrected chi connectivity index (χ2v) is 13.9. The molecule has 0 bridgehead atoms. The maximum Gasteiger partial charge on any atom is 0.452 e. The Hall–Kier alpha value is -2.88. The molecule has 0 radical (unpaired) electrons. The number of allylic oxidation sites excluding steroid dienone is 1. The van der Waals surface area contributed by atoms with Crippen LogP contribution in [0.5, 0.6) is 0 Å². The molecule has 2 fully saturated rings. The van der Waals surface area contributed by atoms with Gasteiger partial charge in [-0.2, -0.15) is 17.9 Å². The summed E-state index contributed by atoms with van der Waals surface area (Å²) in [7, 11) is -2.17. The first-order valence-electron chi connectivity index (χ1n) is 13.0. The number of sulfonamides is 1. The molecule has 3 aliphatic rings. The number of amides is 1. The van der Waals surface area contributed by atoms with Crippen molar-refractivity contribution in [2.24, 2.45) is 0 Å². The number of nitrogens with one attached hydrogen (secondary N) is 1. The lowest BCUT2D eigenvalue weighted by atomic mass is 10.0. The van der Waals surface area contributed by atoms with Gasteiger partial charge in [-0.05, 0) is 37.4 Å². The summed E-state index contributed by atoms with van der Waals surface area (Å²) in [5.74, 6) is -3.11. The molecule has 1 unspecified atom stereocenters. The number of carbonyl (C=O) groups is 2. The zero-order valence-electron chi connectivity index (χ0n) is 22.1. The van der Waals surface area contributed by atoms with Gasteiger partial charge < -0.3 is 19.4 Å². The van der Waals surface area contributed by atoms with Crippen molar-refractivity contribution in [1.82, 2.24) is 19.7 Å². The smallest absolute Gasteiger partial charge is 0.452 e. The Morgan fingerprint density at radius 2 is 1.88 bits per heavy atom. The summed E-state index contributed by atoms with van der Waals surface area (Å²) in [6.45, 7) is 3.11. The Labute approximate surface area is 239 Å². The van der Waals surface area contributed by atoms with Gasteiger partial charge in [0, 0.05) is 49.5 Å². The maximum atomic E-state index is 13.2. The second kappa shape index (κ2) is 11.1. The van der Waals surface area contributed by atoms with E-state index in [9.17, 15) is 36.3 Å². The third kappa shape index (κ3) is 6.32. The first-order valence-corrected chi connectivity index (χ1v) is 15.4. The molecule has 1 aromatic heterocycles. The molecule has 5 rings (SSSR count). The Balaban J connectivity index is 1.18. The number of aliphatic carboxylic acids is 1. The monoisotopic (exact) mass is 614 g/mol. The molecule has 1 aromatic carbocycles. The maximum absolute atomic E-state index is 13.2. The summed E-state index contributed by atoms with van der Waals surface area (Å²) in [5, 5.41) is 13.4. The van der Waals surface area contributed by atoms with Crippen LogP contribution in [0.2, 0.25) is 0 Å². The van der Waals surface area contributed by atoms with E-state index in [0.717, 1.165) is 30.4 Å². The Kier molecular flexibility index (Phi) is 8.00. The first kappa shape index (κ1) is 29.6. The van der Waals surface area contributed by atoms with E-state index >= 15 is 0 Å². The van der Waals surface area contributed by atoms with Crippen LogP contribution in [-0.4, -0.2) is 83.7 Å². The molecule has 1 saturated carbocycles. The van der Waals surface area contributed by atoms with Gasteiger partial charge in [0.05, 0.1) is 0 Å². The van der Waals surface area contributed by atoms with Crippen molar-refractivity contribution in [2.45, 2.75) is 47.9 Å². The zero-order chi connectivity index (χ0) is 29.6. The normalized spacial score (nSPS) is 25.3. The minimum atomic E-state index is -4.72. The number of aryl methyl sites for hydroxylation is 1. The number of halogens is 3. The highest BCUT2D eigenvalue weighted by Gasteiger charge is 2.63. The van der Waals surface area contributed by atoms with E-state index in [1.165, 1.54) is 6.08 Å². The summed E-state index contributed by atoms with van der Waals surface area (Å²) in [5.41, 5.74) is -0.286. The number of carboxylic acids is 1. The van der Waals surface area contributed by atoms with Crippen LogP contribution in [0.25, 0.3) is 4.91 Å². The number of nitrogens with zero attached hydrogens (tertiary/aromatic N) is 3. The number of piperazine rings is 1. The molecule has 3 atom stereocenters. The second-order valence-electron chi connectivity index (χ2n) is 10.5. The Bertz CT molecular complexity index is 1450. The number of likely N-dealkylation sites (N-methyl/N-ethyl adjacent to an activating group) is 1. The van der Waals surface area contributed by atoms with Crippen LogP contribution in [-0.2, 0) is 32.2 Å². The van der Waals surface area contributed by atoms with Gasteiger partial charge in [0.2, 0.25) is 21.7 Å². The van der Waals surface area contributed by atoms with Crippen molar-refractivity contribution in [2.75, 3.05) is 33.2 Å². The average Bonchev–Trinajstić information content (AvgIpc) is 3.27. The van der Waals surface area contributed by atoms with Crippen molar-refractivity contribution >= 4 is 38.6 Å². The van der Waals surface area contributed by atoms with Gasteiger partial charge in [0.25, 0.3) is 0 Å². The van der Waals surface area contributed by atoms with Gasteiger partial charge in [-0.25, -0.2) is 8.42 Å². The van der Waals surface area contributed by atoms with Crippen LogP contribution in [0.4, 0.5) is 13.2 Å². The minimum absolute atomic E-state index is 0.0363. The van der Waals surface area contributed by atoms with Gasteiger partial charge in [0.1, 0.15) is 15.8 Å². The zero-order valence-corrected chi connectivity index (χ0v) is 23.7. The first-order chi connectivity index (χ1) is 19.3. The summed E-state index contributed by atoms with van der Waals surface area (Å²) in [4.78, 5) is 29.0. The topological polar surface area (TPSA) is 133 Å². The summed E-state index contributed by atoms with van der Waals surface area (Å²) < 4.78 is 70.4. The van der Waals surface area contributed by atoms with E-state index in [-0.39, 0.29) is 29.3 Å². The molecule has 222 valence electrons. The van der Waals surface area contributed by atoms with Crippen LogP contribution in [0.15, 0.2) is 40.9 Å². The van der Waals surface area contributed by atoms with Crippen molar-refractivity contribution in [1.29, 1.82) is 0 Å². The lowest BCUT2D eigenvalue weighted by Gasteiger charge is -2.32. The van der Waals surface area contributed by atoms with Crippen molar-refractivity contribution in [3.05, 3.63) is 59.0 Å². The molecule has 15 heteroatoms. The SMILES string of the molecule is CN1CCN(C(=O)CCc2ccc([C@H]3C[C@@]3(NS(=O)(=O)C3CC=C(c4cc(C(F)(F)F)on4)S3)C(=O)O)cc2)CC1. The summed E-state index contributed by atoms with van der Waals surface area (Å²) >= 11 is 0.786. The molecule has 0 spiro atoms. The molecule has 2 aromatic rings. The fourth-order valence-electron chi connectivity index (χ4n) is 5.08. The molecule has 1 amide bonds. The number of aromatic nitrogens is 1. The minimum Gasteiger partial charge on any atom is -0.480 e. The molecular formula is C26H29F3N4O6S2. The molecule has 3 heterocycles. The molecule has 1 saturated heterocycles. The number of benzene rings is 1. The molecule has 2 aliphatic heterocycles. The number of alkyl halides is 3. The highest BCUT2D eigenvalue weighted by atomic mass is 32.3. The number of carbonyl (C=O) groups excluding carboxylic acids is 1. The van der Waals surface area contributed by atoms with E-state index in [2.05, 4.69) is 19.3 Å². The van der Waals surface area contributed by atoms with Crippen LogP contribution >= 0.6 is 11.8 Å². The van der Waals surface area contributed by atoms with Gasteiger partial charge in [-0.1, -0.05) is 35.5 Å². The van der Waals surface area contributed by atoms with Crippen molar-refractivity contribution in [3.8, 4) is 0 Å². The van der Waals surface area contributed by atoms with Crippen LogP contribution in [0, 0.1) is 0 Å². The molecule has 41 heavy (non-hydrogen) atoms. The predicted molar refractivity (Wildman–Crippen MR) is 144 cm³/mol. The number of carboxylic acid groups (broad SMARTS) is 1. The number of rotatable bonds is 9. The lowest BCUT2D eigenvalue weighted by Crippen LogP contribution is -2.47. The Morgan fingerprint density at radius 1 is 1.20 bits per heavy atom. The largest absolute Gasteiger partial charge is 0.480 e. The van der Waals surface area contributed by atoms with Gasteiger partial charge in [-0.3, -0.25) is 9.59 Å². The fraction of sp³-hybridized carbons (Fsp3) is 0.500. The molecule has 10 nitrogen and oxygen atoms in total. The van der Waals surface area contributed by atoms with Crippen molar-refractivity contribution in [3.63, 3.8) is 0 Å². The number of hydrogen-bond acceptors (Lipinski definition) is 8. The third-order valence-corrected chi connectivity index (χ3v) is 11.3. The van der Waals surface area contributed by atoms with Crippen LogP contribution in [0.3, 0.4) is 0 Å². The molecular weight excluding hydrogens is 585 g/mol. The van der Waals surface area contributed by atoms with Gasteiger partial charge in [0.15, 0.2) is 0 Å². The summed E-state index contributed by atoms with van der Waals surface area (Å²) in [6.07, 6.45) is -2.36. The highest BCUT2D eigenvalue weighted by molar-refractivity contribution is 8.18. The standard InChI is InChI=1S/C26H29F3N4O6S2/c1-32-10-12-33(13-11-32)22(34)8-4-16-2-5-17(6-3-16)18-15-25(18,24(35)36)31-41(37,38)23-9-7-20(40-23)19-14-21(39-30-19)26(27,28)29/h2-3,5-7,14,18,23,31H,4,8-13,15H2,1H3,(H,35,36)/t18-,23?,25+/m1/s1. The number of thioether (sulfide) groups is 1. The van der Waals surface area contributed by atoms with Crippen LogP contribution in [0.1, 0.15) is 47.8 Å². The van der Waals surface area contributed by atoms with E-state index in [0.29, 0.717) is 37.6 Å². The highest BCUT2D eigenvalue weighted by Crippen LogP contribution is 2.53. The van der Waals surface area contributed by atoms with Crippen molar-refractivity contribution < 1.29 is 40.8 Å². The molecule has 2 N–H and O–H groups in total. The van der Waals surface area contributed by atoms with E-state index < -0.39 is 44.0 Å². The van der Waals surface area contributed by atoms with Crippen LogP contribution < -0.4 is 4.72 Å². The van der Waals surface area contributed by atoms with E-state index in [4.69, 9.17) is 0 Å². The Morgan fingerprint density at radius 3 is 2.49 bits per heavy atom. The van der Waals surface area contributed by atoms with Gasteiger partial charge >= 0.3 is 12.1 Å². The van der Waals surface area contributed by atoms with E-state index in [1.54, 1.807) is 12.1 Å².